The third kappa shape index (κ3) is 5.87. The number of aromatic nitrogens is 5. The number of rotatable bonds is 8. The number of hydrogen-bond acceptors (Lipinski definition) is 7. The quantitative estimate of drug-likeness (QED) is 0.356. The van der Waals surface area contributed by atoms with Crippen LogP contribution in [0, 0.1) is 27.7 Å². The summed E-state index contributed by atoms with van der Waals surface area (Å²) in [5.74, 6) is 2.10. The summed E-state index contributed by atoms with van der Waals surface area (Å²) in [6.45, 7) is 8.08. The topological polar surface area (TPSA) is 110 Å². The Hall–Kier alpha value is -3.46. The smallest absolute Gasteiger partial charge is 0.227 e. The molecule has 0 radical (unpaired) electrons. The first-order valence-electron chi connectivity index (χ1n) is 10.7. The summed E-state index contributed by atoms with van der Waals surface area (Å²) in [4.78, 5) is 21.3. The first-order valence-corrected chi connectivity index (χ1v) is 11.7. The molecular formula is C24H26N6O2S. The molecule has 4 aromatic rings. The summed E-state index contributed by atoms with van der Waals surface area (Å²) in [6.07, 6.45) is 0.647. The van der Waals surface area contributed by atoms with E-state index < -0.39 is 0 Å². The molecule has 0 aliphatic carbocycles. The van der Waals surface area contributed by atoms with Gasteiger partial charge in [-0.05, 0) is 38.8 Å². The normalized spacial score (nSPS) is 11.0. The minimum atomic E-state index is -0.0801. The van der Waals surface area contributed by atoms with Crippen molar-refractivity contribution < 1.29 is 9.32 Å². The highest BCUT2D eigenvalue weighted by Crippen LogP contribution is 2.23. The Bertz CT molecular complexity index is 1240. The summed E-state index contributed by atoms with van der Waals surface area (Å²) in [5.41, 5.74) is 6.32. The van der Waals surface area contributed by atoms with Crippen LogP contribution in [0.1, 0.15) is 40.4 Å². The van der Waals surface area contributed by atoms with Crippen LogP contribution in [-0.4, -0.2) is 31.2 Å². The van der Waals surface area contributed by atoms with Gasteiger partial charge in [-0.2, -0.15) is 4.98 Å². The maximum atomic E-state index is 12.4. The maximum absolute atomic E-state index is 12.4. The highest BCUT2D eigenvalue weighted by molar-refractivity contribution is 7.98. The first-order chi connectivity index (χ1) is 15.9. The number of benzene rings is 2. The average molecular weight is 463 g/mol. The summed E-state index contributed by atoms with van der Waals surface area (Å²) in [7, 11) is 0. The van der Waals surface area contributed by atoms with E-state index in [1.165, 1.54) is 22.9 Å². The fourth-order valence-corrected chi connectivity index (χ4v) is 4.17. The van der Waals surface area contributed by atoms with Gasteiger partial charge in [0.05, 0.1) is 5.75 Å². The van der Waals surface area contributed by atoms with Crippen molar-refractivity contribution in [2.75, 3.05) is 5.32 Å². The number of nitrogens with zero attached hydrogens (tertiary/aromatic N) is 4. The van der Waals surface area contributed by atoms with Crippen molar-refractivity contribution in [3.63, 3.8) is 0 Å². The molecule has 1 amide bonds. The van der Waals surface area contributed by atoms with Gasteiger partial charge in [0.2, 0.25) is 17.0 Å². The number of hydrogen-bond donors (Lipinski definition) is 2. The van der Waals surface area contributed by atoms with Crippen molar-refractivity contribution in [3.05, 3.63) is 70.4 Å². The highest BCUT2D eigenvalue weighted by Gasteiger charge is 2.13. The van der Waals surface area contributed by atoms with Gasteiger partial charge in [-0.1, -0.05) is 64.4 Å². The molecule has 9 heteroatoms. The molecule has 2 aromatic heterocycles. The Morgan fingerprint density at radius 1 is 1.03 bits per heavy atom. The number of H-pyrrole nitrogens is 1. The van der Waals surface area contributed by atoms with Crippen molar-refractivity contribution >= 4 is 23.4 Å². The molecule has 8 nitrogen and oxygen atoms in total. The van der Waals surface area contributed by atoms with Crippen LogP contribution in [0.4, 0.5) is 5.69 Å². The van der Waals surface area contributed by atoms with E-state index in [1.54, 1.807) is 0 Å². The molecule has 170 valence electrons. The largest absolute Gasteiger partial charge is 0.339 e. The van der Waals surface area contributed by atoms with Gasteiger partial charge < -0.3 is 9.84 Å². The van der Waals surface area contributed by atoms with Crippen LogP contribution >= 0.6 is 11.8 Å². The van der Waals surface area contributed by atoms with Crippen LogP contribution in [0.5, 0.6) is 0 Å². The molecule has 0 bridgehead atoms. The number of anilines is 1. The lowest BCUT2D eigenvalue weighted by Crippen LogP contribution is -2.14. The predicted molar refractivity (Wildman–Crippen MR) is 128 cm³/mol. The summed E-state index contributed by atoms with van der Waals surface area (Å²) >= 11 is 1.42. The zero-order valence-corrected chi connectivity index (χ0v) is 19.9. The average Bonchev–Trinajstić information content (AvgIpc) is 3.43. The second kappa shape index (κ2) is 9.99. The van der Waals surface area contributed by atoms with E-state index in [9.17, 15) is 4.79 Å². The van der Waals surface area contributed by atoms with Gasteiger partial charge in [-0.3, -0.25) is 9.89 Å². The number of amides is 1. The van der Waals surface area contributed by atoms with Crippen molar-refractivity contribution in [3.8, 4) is 11.4 Å². The molecule has 2 heterocycles. The van der Waals surface area contributed by atoms with E-state index >= 15 is 0 Å². The lowest BCUT2D eigenvalue weighted by atomic mass is 10.0. The zero-order chi connectivity index (χ0) is 23.4. The SMILES string of the molecule is Cc1ccc(-c2nc(SCc3noc(CCC(=O)Nc4c(C)cc(C)cc4C)n3)n[nH]2)cc1. The third-order valence-electron chi connectivity index (χ3n) is 5.14. The van der Waals surface area contributed by atoms with Crippen LogP contribution in [0.3, 0.4) is 0 Å². The lowest BCUT2D eigenvalue weighted by Gasteiger charge is -2.12. The standard InChI is InChI=1S/C24H26N6O2S/c1-14-5-7-18(8-6-14)23-27-24(29-28-23)33-13-19-25-21(32-30-19)10-9-20(31)26-22-16(3)11-15(2)12-17(22)4/h5-8,11-12H,9-10,13H2,1-4H3,(H,26,31)(H,27,28,29). The van der Waals surface area contributed by atoms with Gasteiger partial charge in [0.25, 0.3) is 0 Å². The Kier molecular flexibility index (Phi) is 6.88. The Balaban J connectivity index is 1.27. The summed E-state index contributed by atoms with van der Waals surface area (Å²) < 4.78 is 5.30. The molecule has 33 heavy (non-hydrogen) atoms. The first kappa shape index (κ1) is 22.7. The predicted octanol–water partition coefficient (Wildman–Crippen LogP) is 4.95. The van der Waals surface area contributed by atoms with Gasteiger partial charge in [0, 0.05) is 24.1 Å². The van der Waals surface area contributed by atoms with E-state index in [0.717, 1.165) is 28.2 Å². The van der Waals surface area contributed by atoms with Gasteiger partial charge in [0.1, 0.15) is 0 Å². The molecule has 2 aromatic carbocycles. The Labute approximate surface area is 196 Å². The van der Waals surface area contributed by atoms with E-state index in [-0.39, 0.29) is 12.3 Å². The molecule has 0 saturated carbocycles. The fraction of sp³-hybridized carbons (Fsp3) is 0.292. The molecule has 4 rings (SSSR count). The van der Waals surface area contributed by atoms with Crippen LogP contribution in [0.2, 0.25) is 0 Å². The van der Waals surface area contributed by atoms with E-state index in [0.29, 0.717) is 29.0 Å². The maximum Gasteiger partial charge on any atom is 0.227 e. The second-order valence-electron chi connectivity index (χ2n) is 8.05. The molecular weight excluding hydrogens is 436 g/mol. The number of carbonyl (C=O) groups is 1. The van der Waals surface area contributed by atoms with E-state index in [1.807, 2.05) is 52.0 Å². The number of thioether (sulfide) groups is 1. The number of carbonyl (C=O) groups excluding carboxylic acids is 1. The van der Waals surface area contributed by atoms with E-state index in [2.05, 4.69) is 42.8 Å². The monoisotopic (exact) mass is 462 g/mol. The summed E-state index contributed by atoms with van der Waals surface area (Å²) in [5, 5.41) is 14.8. The molecule has 0 aliphatic rings. The van der Waals surface area contributed by atoms with Crippen LogP contribution in [0.25, 0.3) is 11.4 Å². The molecule has 0 atom stereocenters. The number of nitrogens with one attached hydrogen (secondary N) is 2. The lowest BCUT2D eigenvalue weighted by molar-refractivity contribution is -0.116. The molecule has 0 spiro atoms. The number of aromatic amines is 1. The fourth-order valence-electron chi connectivity index (χ4n) is 3.53. The summed E-state index contributed by atoms with van der Waals surface area (Å²) in [6, 6.07) is 12.2. The minimum absolute atomic E-state index is 0.0801. The van der Waals surface area contributed by atoms with Crippen LogP contribution < -0.4 is 5.32 Å². The Morgan fingerprint density at radius 3 is 2.48 bits per heavy atom. The van der Waals surface area contributed by atoms with E-state index in [4.69, 9.17) is 4.52 Å². The molecule has 0 aliphatic heterocycles. The molecule has 2 N–H and O–H groups in total. The van der Waals surface area contributed by atoms with Gasteiger partial charge in [0.15, 0.2) is 11.6 Å². The molecule has 0 unspecified atom stereocenters. The van der Waals surface area contributed by atoms with Crippen molar-refractivity contribution in [2.24, 2.45) is 0 Å². The second-order valence-corrected chi connectivity index (χ2v) is 8.99. The van der Waals surface area contributed by atoms with Crippen molar-refractivity contribution in [1.82, 2.24) is 25.3 Å². The van der Waals surface area contributed by atoms with Crippen molar-refractivity contribution in [1.29, 1.82) is 0 Å². The van der Waals surface area contributed by atoms with Gasteiger partial charge in [-0.25, -0.2) is 4.98 Å². The van der Waals surface area contributed by atoms with Crippen molar-refractivity contribution in [2.45, 2.75) is 51.4 Å². The zero-order valence-electron chi connectivity index (χ0n) is 19.1. The number of aryl methyl sites for hydroxylation is 5. The van der Waals surface area contributed by atoms with Gasteiger partial charge >= 0.3 is 0 Å². The highest BCUT2D eigenvalue weighted by atomic mass is 32.2. The minimum Gasteiger partial charge on any atom is -0.339 e. The third-order valence-corrected chi connectivity index (χ3v) is 5.98. The van der Waals surface area contributed by atoms with Crippen LogP contribution in [-0.2, 0) is 17.0 Å². The molecule has 0 saturated heterocycles. The van der Waals surface area contributed by atoms with Crippen LogP contribution in [0.15, 0.2) is 46.1 Å². The van der Waals surface area contributed by atoms with Gasteiger partial charge in [-0.15, -0.1) is 5.10 Å². The molecule has 0 fully saturated rings. The Morgan fingerprint density at radius 2 is 1.76 bits per heavy atom.